The summed E-state index contributed by atoms with van der Waals surface area (Å²) in [5.41, 5.74) is -0.557. The van der Waals surface area contributed by atoms with Crippen molar-refractivity contribution in [2.45, 2.75) is 20.4 Å². The second-order valence-corrected chi connectivity index (χ2v) is 5.52. The Labute approximate surface area is 110 Å². The van der Waals surface area contributed by atoms with Crippen molar-refractivity contribution in [2.24, 2.45) is 5.41 Å². The highest BCUT2D eigenvalue weighted by Gasteiger charge is 2.18. The Hall–Kier alpha value is -1.49. The van der Waals surface area contributed by atoms with Gasteiger partial charge in [-0.1, -0.05) is 26.0 Å². The van der Waals surface area contributed by atoms with Gasteiger partial charge in [-0.25, -0.2) is 4.68 Å². The fourth-order valence-corrected chi connectivity index (χ4v) is 1.94. The molecule has 0 atom stereocenters. The van der Waals surface area contributed by atoms with E-state index in [1.807, 2.05) is 13.8 Å². The minimum atomic E-state index is -0.236. The Morgan fingerprint density at radius 1 is 1.22 bits per heavy atom. The third kappa shape index (κ3) is 2.36. The lowest BCUT2D eigenvalue weighted by atomic mass is 9.96. The fraction of sp³-hybridized carbons (Fsp3) is 0.385. The van der Waals surface area contributed by atoms with Gasteiger partial charge in [-0.3, -0.25) is 14.7 Å². The summed E-state index contributed by atoms with van der Waals surface area (Å²) in [7, 11) is 0. The lowest BCUT2D eigenvalue weighted by Gasteiger charge is -2.22. The molecule has 2 aromatic rings. The topological polar surface area (TPSA) is 54.9 Å². The van der Waals surface area contributed by atoms with Crippen LogP contribution in [0.2, 0.25) is 0 Å². The highest BCUT2D eigenvalue weighted by Crippen LogP contribution is 2.18. The van der Waals surface area contributed by atoms with E-state index in [-0.39, 0.29) is 16.5 Å². The zero-order valence-electron chi connectivity index (χ0n) is 10.4. The molecule has 0 amide bonds. The van der Waals surface area contributed by atoms with Crippen LogP contribution in [-0.4, -0.2) is 15.5 Å². The van der Waals surface area contributed by atoms with E-state index in [1.165, 1.54) is 4.68 Å². The van der Waals surface area contributed by atoms with Crippen molar-refractivity contribution < 1.29 is 0 Å². The molecule has 0 saturated carbocycles. The fourth-order valence-electron chi connectivity index (χ4n) is 1.84. The Balaban J connectivity index is 2.64. The third-order valence-electron chi connectivity index (χ3n) is 2.90. The number of hydrogen-bond acceptors (Lipinski definition) is 3. The van der Waals surface area contributed by atoms with Crippen LogP contribution in [0.25, 0.3) is 10.8 Å². The van der Waals surface area contributed by atoms with E-state index in [9.17, 15) is 9.59 Å². The maximum Gasteiger partial charge on any atom is 0.273 e. The number of aromatic nitrogens is 2. The van der Waals surface area contributed by atoms with Crippen LogP contribution in [0.1, 0.15) is 13.8 Å². The van der Waals surface area contributed by atoms with E-state index in [2.05, 4.69) is 17.7 Å². The number of rotatable bonds is 3. The Kier molecular flexibility index (Phi) is 3.34. The molecular formula is C13H16N2O2S. The maximum atomic E-state index is 12.2. The van der Waals surface area contributed by atoms with E-state index in [0.29, 0.717) is 23.1 Å². The molecule has 18 heavy (non-hydrogen) atoms. The molecule has 1 aromatic heterocycles. The number of fused-ring (bicyclic) bond motifs is 1. The number of aromatic amines is 1. The van der Waals surface area contributed by atoms with Crippen molar-refractivity contribution in [1.82, 2.24) is 9.78 Å². The van der Waals surface area contributed by atoms with E-state index in [0.717, 1.165) is 0 Å². The molecule has 0 aliphatic carbocycles. The first-order valence-electron chi connectivity index (χ1n) is 5.77. The summed E-state index contributed by atoms with van der Waals surface area (Å²) in [6.07, 6.45) is 0. The number of benzene rings is 1. The zero-order chi connectivity index (χ0) is 13.3. The van der Waals surface area contributed by atoms with Gasteiger partial charge in [0.05, 0.1) is 10.8 Å². The smallest absolute Gasteiger partial charge is 0.267 e. The average molecular weight is 264 g/mol. The maximum absolute atomic E-state index is 12.2. The molecule has 4 nitrogen and oxygen atoms in total. The molecule has 5 heteroatoms. The van der Waals surface area contributed by atoms with Crippen LogP contribution in [0.15, 0.2) is 33.9 Å². The molecule has 0 radical (unpaired) electrons. The lowest BCUT2D eigenvalue weighted by Crippen LogP contribution is -2.35. The lowest BCUT2D eigenvalue weighted by molar-refractivity contribution is 0.325. The van der Waals surface area contributed by atoms with Crippen molar-refractivity contribution in [3.05, 3.63) is 45.0 Å². The van der Waals surface area contributed by atoms with Crippen LogP contribution in [0.5, 0.6) is 0 Å². The second kappa shape index (κ2) is 4.65. The highest BCUT2D eigenvalue weighted by atomic mass is 32.1. The molecule has 1 N–H and O–H groups in total. The summed E-state index contributed by atoms with van der Waals surface area (Å²) < 4.78 is 1.38. The quantitative estimate of drug-likeness (QED) is 0.828. The van der Waals surface area contributed by atoms with Gasteiger partial charge < -0.3 is 0 Å². The van der Waals surface area contributed by atoms with Crippen LogP contribution in [-0.2, 0) is 6.54 Å². The minimum Gasteiger partial charge on any atom is -0.267 e. The summed E-state index contributed by atoms with van der Waals surface area (Å²) in [5.74, 6) is 0.633. The number of hydrogen-bond donors (Lipinski definition) is 2. The number of H-pyrrole nitrogens is 1. The highest BCUT2D eigenvalue weighted by molar-refractivity contribution is 7.80. The first kappa shape index (κ1) is 13.0. The van der Waals surface area contributed by atoms with Crippen LogP contribution < -0.4 is 11.1 Å². The first-order valence-corrected chi connectivity index (χ1v) is 6.40. The standard InChI is InChI=1S/C13H16N2O2S/c1-13(2,8-18)7-15-12(17)10-6-4-3-5-9(10)11(16)14-15/h3-6,18H,7-8H2,1-2H3,(H,14,16). The van der Waals surface area contributed by atoms with Crippen molar-refractivity contribution in [2.75, 3.05) is 5.75 Å². The Morgan fingerprint density at radius 3 is 2.44 bits per heavy atom. The molecule has 0 spiro atoms. The van der Waals surface area contributed by atoms with Crippen LogP contribution >= 0.6 is 12.6 Å². The second-order valence-electron chi connectivity index (χ2n) is 5.20. The van der Waals surface area contributed by atoms with Gasteiger partial charge in [-0.2, -0.15) is 12.6 Å². The van der Waals surface area contributed by atoms with Crippen molar-refractivity contribution >= 4 is 23.4 Å². The number of nitrogens with zero attached hydrogens (tertiary/aromatic N) is 1. The van der Waals surface area contributed by atoms with Gasteiger partial charge in [0, 0.05) is 6.54 Å². The molecule has 1 heterocycles. The molecule has 0 aliphatic rings. The van der Waals surface area contributed by atoms with Crippen molar-refractivity contribution in [3.63, 3.8) is 0 Å². The van der Waals surface area contributed by atoms with Gasteiger partial charge in [0.1, 0.15) is 0 Å². The predicted octanol–water partition coefficient (Wildman–Crippen LogP) is 1.65. The zero-order valence-corrected chi connectivity index (χ0v) is 11.3. The van der Waals surface area contributed by atoms with Crippen LogP contribution in [0.3, 0.4) is 0 Å². The average Bonchev–Trinajstić information content (AvgIpc) is 2.35. The monoisotopic (exact) mass is 264 g/mol. The summed E-state index contributed by atoms with van der Waals surface area (Å²) in [6.45, 7) is 4.44. The van der Waals surface area contributed by atoms with E-state index >= 15 is 0 Å². The van der Waals surface area contributed by atoms with Gasteiger partial charge in [0.15, 0.2) is 0 Å². The molecule has 96 valence electrons. The SMILES string of the molecule is CC(C)(CS)Cn1[nH]c(=O)c2ccccc2c1=O. The van der Waals surface area contributed by atoms with Gasteiger partial charge >= 0.3 is 0 Å². The van der Waals surface area contributed by atoms with Crippen LogP contribution in [0.4, 0.5) is 0 Å². The summed E-state index contributed by atoms with van der Waals surface area (Å²) >= 11 is 4.26. The van der Waals surface area contributed by atoms with Gasteiger partial charge in [-0.05, 0) is 23.3 Å². The number of thiol groups is 1. The molecule has 0 aliphatic heterocycles. The summed E-state index contributed by atoms with van der Waals surface area (Å²) in [6, 6.07) is 6.84. The molecule has 0 unspecified atom stereocenters. The molecule has 1 aromatic carbocycles. The van der Waals surface area contributed by atoms with Gasteiger partial charge in [-0.15, -0.1) is 0 Å². The van der Waals surface area contributed by atoms with Crippen LogP contribution in [0, 0.1) is 5.41 Å². The van der Waals surface area contributed by atoms with E-state index in [1.54, 1.807) is 24.3 Å². The normalized spacial score (nSPS) is 11.9. The summed E-state index contributed by atoms with van der Waals surface area (Å²) in [5, 5.41) is 3.51. The van der Waals surface area contributed by atoms with Crippen molar-refractivity contribution in [1.29, 1.82) is 0 Å². The Bertz CT molecular complexity index is 685. The van der Waals surface area contributed by atoms with E-state index < -0.39 is 0 Å². The largest absolute Gasteiger partial charge is 0.273 e. The summed E-state index contributed by atoms with van der Waals surface area (Å²) in [4.78, 5) is 24.1. The molecule has 0 bridgehead atoms. The minimum absolute atomic E-state index is 0.154. The van der Waals surface area contributed by atoms with Gasteiger partial charge in [0.25, 0.3) is 11.1 Å². The molecular weight excluding hydrogens is 248 g/mol. The predicted molar refractivity (Wildman–Crippen MR) is 76.5 cm³/mol. The Morgan fingerprint density at radius 2 is 1.83 bits per heavy atom. The third-order valence-corrected chi connectivity index (χ3v) is 3.75. The molecule has 0 fully saturated rings. The number of nitrogens with one attached hydrogen (secondary N) is 1. The molecule has 0 saturated heterocycles. The molecule has 2 rings (SSSR count). The van der Waals surface area contributed by atoms with E-state index in [4.69, 9.17) is 0 Å². The first-order chi connectivity index (χ1) is 8.44. The van der Waals surface area contributed by atoms with Crippen molar-refractivity contribution in [3.8, 4) is 0 Å². The van der Waals surface area contributed by atoms with Gasteiger partial charge in [0.2, 0.25) is 0 Å².